The Bertz CT molecular complexity index is 647. The van der Waals surface area contributed by atoms with E-state index in [1.807, 2.05) is 23.1 Å². The van der Waals surface area contributed by atoms with Crippen LogP contribution in [0.15, 0.2) is 30.3 Å². The van der Waals surface area contributed by atoms with E-state index in [1.54, 1.807) is 18.2 Å². The van der Waals surface area contributed by atoms with Gasteiger partial charge < -0.3 is 10.6 Å². The number of nitrogens with two attached hydrogens (primary N) is 1. The Kier molecular flexibility index (Phi) is 5.21. The van der Waals surface area contributed by atoms with Crippen LogP contribution in [0.2, 0.25) is 5.02 Å². The average molecular weight is 348 g/mol. The van der Waals surface area contributed by atoms with Crippen molar-refractivity contribution in [1.82, 2.24) is 9.80 Å². The largest absolute Gasteiger partial charge is 0.369 e. The van der Waals surface area contributed by atoms with Crippen molar-refractivity contribution in [3.63, 3.8) is 0 Å². The summed E-state index contributed by atoms with van der Waals surface area (Å²) in [6.07, 6.45) is 4.99. The zero-order valence-electron chi connectivity index (χ0n) is 13.5. The molecule has 0 aromatic heterocycles. The summed E-state index contributed by atoms with van der Waals surface area (Å²) in [5.41, 5.74) is 6.21. The topological polar surface area (TPSA) is 66.6 Å². The maximum Gasteiger partial charge on any atom is 0.246 e. The summed E-state index contributed by atoms with van der Waals surface area (Å²) in [4.78, 5) is 27.6. The van der Waals surface area contributed by atoms with Crippen molar-refractivity contribution in [3.8, 4) is 0 Å². The number of rotatable bonds is 4. The minimum atomic E-state index is -0.190. The van der Waals surface area contributed by atoms with Crippen LogP contribution in [-0.4, -0.2) is 53.8 Å². The first kappa shape index (κ1) is 17.0. The molecule has 5 nitrogen and oxygen atoms in total. The fraction of sp³-hybridized carbons (Fsp3) is 0.444. The van der Waals surface area contributed by atoms with Crippen LogP contribution in [0.1, 0.15) is 18.4 Å². The van der Waals surface area contributed by atoms with E-state index >= 15 is 0 Å². The third-order valence-corrected chi connectivity index (χ3v) is 5.28. The lowest BCUT2D eigenvalue weighted by Crippen LogP contribution is -2.62. The Morgan fingerprint density at radius 2 is 1.83 bits per heavy atom. The molecule has 1 aromatic rings. The Balaban J connectivity index is 1.46. The minimum absolute atomic E-state index is 0.0117. The fourth-order valence-corrected chi connectivity index (χ4v) is 3.49. The first-order valence-electron chi connectivity index (χ1n) is 8.29. The van der Waals surface area contributed by atoms with E-state index in [1.165, 1.54) is 0 Å². The number of likely N-dealkylation sites (tertiary alicyclic amines) is 2. The lowest BCUT2D eigenvalue weighted by atomic mass is 9.94. The SMILES string of the molecule is NC(=O)C1CCN(C2CN(C(=O)/C=C/c3ccccc3Cl)C2)CC1. The quantitative estimate of drug-likeness (QED) is 0.844. The van der Waals surface area contributed by atoms with Gasteiger partial charge in [-0.05, 0) is 43.6 Å². The number of carbonyl (C=O) groups excluding carboxylic acids is 2. The van der Waals surface area contributed by atoms with E-state index < -0.39 is 0 Å². The van der Waals surface area contributed by atoms with E-state index in [0.717, 1.165) is 44.6 Å². The molecule has 24 heavy (non-hydrogen) atoms. The smallest absolute Gasteiger partial charge is 0.246 e. The maximum atomic E-state index is 12.2. The van der Waals surface area contributed by atoms with Gasteiger partial charge in [-0.3, -0.25) is 14.5 Å². The van der Waals surface area contributed by atoms with Crippen LogP contribution in [0.5, 0.6) is 0 Å². The van der Waals surface area contributed by atoms with Gasteiger partial charge >= 0.3 is 0 Å². The predicted octanol–water partition coefficient (Wildman–Crippen LogP) is 1.76. The number of piperidine rings is 1. The molecule has 2 aliphatic heterocycles. The van der Waals surface area contributed by atoms with E-state index in [9.17, 15) is 9.59 Å². The third kappa shape index (κ3) is 3.79. The highest BCUT2D eigenvalue weighted by atomic mass is 35.5. The molecule has 2 fully saturated rings. The molecule has 0 atom stereocenters. The molecule has 0 saturated carbocycles. The molecule has 3 rings (SSSR count). The van der Waals surface area contributed by atoms with Gasteiger partial charge in [-0.25, -0.2) is 0 Å². The van der Waals surface area contributed by atoms with E-state index in [0.29, 0.717) is 11.1 Å². The van der Waals surface area contributed by atoms with Crippen LogP contribution in [0.4, 0.5) is 0 Å². The van der Waals surface area contributed by atoms with Gasteiger partial charge in [0.25, 0.3) is 0 Å². The van der Waals surface area contributed by atoms with Crippen molar-refractivity contribution in [2.45, 2.75) is 18.9 Å². The molecule has 128 valence electrons. The Hall–Kier alpha value is -1.85. The highest BCUT2D eigenvalue weighted by Gasteiger charge is 2.36. The van der Waals surface area contributed by atoms with Crippen molar-refractivity contribution < 1.29 is 9.59 Å². The molecule has 2 heterocycles. The summed E-state index contributed by atoms with van der Waals surface area (Å²) in [5.74, 6) is -0.166. The Labute approximate surface area is 147 Å². The summed E-state index contributed by atoms with van der Waals surface area (Å²) >= 11 is 6.08. The number of hydrogen-bond donors (Lipinski definition) is 1. The van der Waals surface area contributed by atoms with Crippen molar-refractivity contribution in [2.24, 2.45) is 11.7 Å². The van der Waals surface area contributed by atoms with Gasteiger partial charge in [0.05, 0.1) is 0 Å². The van der Waals surface area contributed by atoms with Crippen molar-refractivity contribution in [2.75, 3.05) is 26.2 Å². The molecule has 6 heteroatoms. The first-order chi connectivity index (χ1) is 11.5. The van der Waals surface area contributed by atoms with Gasteiger partial charge in [0, 0.05) is 36.1 Å². The number of benzene rings is 1. The molecule has 2 aliphatic rings. The van der Waals surface area contributed by atoms with E-state index in [-0.39, 0.29) is 17.7 Å². The molecule has 0 radical (unpaired) electrons. The molecule has 2 saturated heterocycles. The van der Waals surface area contributed by atoms with Crippen molar-refractivity contribution >= 4 is 29.5 Å². The number of nitrogens with zero attached hydrogens (tertiary/aromatic N) is 2. The summed E-state index contributed by atoms with van der Waals surface area (Å²) in [6, 6.07) is 7.85. The summed E-state index contributed by atoms with van der Waals surface area (Å²) in [5, 5.41) is 0.639. The van der Waals surface area contributed by atoms with Crippen molar-refractivity contribution in [1.29, 1.82) is 0 Å². The number of primary amides is 1. The average Bonchev–Trinajstić information content (AvgIpc) is 2.53. The number of amides is 2. The van der Waals surface area contributed by atoms with Crippen LogP contribution < -0.4 is 5.73 Å². The van der Waals surface area contributed by atoms with Gasteiger partial charge in [-0.1, -0.05) is 29.8 Å². The summed E-state index contributed by atoms with van der Waals surface area (Å²) in [6.45, 7) is 3.26. The molecule has 0 unspecified atom stereocenters. The highest BCUT2D eigenvalue weighted by Crippen LogP contribution is 2.23. The molecular weight excluding hydrogens is 326 g/mol. The van der Waals surface area contributed by atoms with Gasteiger partial charge in [0.15, 0.2) is 0 Å². The normalized spacial score (nSPS) is 20.3. The second-order valence-corrected chi connectivity index (χ2v) is 6.87. The van der Waals surface area contributed by atoms with Crippen LogP contribution in [0.25, 0.3) is 6.08 Å². The Morgan fingerprint density at radius 1 is 1.17 bits per heavy atom. The van der Waals surface area contributed by atoms with Gasteiger partial charge in [0.1, 0.15) is 0 Å². The zero-order chi connectivity index (χ0) is 17.1. The van der Waals surface area contributed by atoms with Gasteiger partial charge in [-0.2, -0.15) is 0 Å². The third-order valence-electron chi connectivity index (χ3n) is 4.93. The molecule has 0 bridgehead atoms. The van der Waals surface area contributed by atoms with Crippen LogP contribution in [0, 0.1) is 5.92 Å². The second kappa shape index (κ2) is 7.36. The minimum Gasteiger partial charge on any atom is -0.369 e. The number of hydrogen-bond acceptors (Lipinski definition) is 3. The predicted molar refractivity (Wildman–Crippen MR) is 94.3 cm³/mol. The number of halogens is 1. The fourth-order valence-electron chi connectivity index (χ4n) is 3.29. The monoisotopic (exact) mass is 347 g/mol. The summed E-state index contributed by atoms with van der Waals surface area (Å²) < 4.78 is 0. The van der Waals surface area contributed by atoms with E-state index in [2.05, 4.69) is 4.90 Å². The maximum absolute atomic E-state index is 12.2. The first-order valence-corrected chi connectivity index (χ1v) is 8.67. The zero-order valence-corrected chi connectivity index (χ0v) is 14.3. The van der Waals surface area contributed by atoms with Gasteiger partial charge in [-0.15, -0.1) is 0 Å². The highest BCUT2D eigenvalue weighted by molar-refractivity contribution is 6.32. The van der Waals surface area contributed by atoms with Crippen LogP contribution in [0.3, 0.4) is 0 Å². The van der Waals surface area contributed by atoms with Crippen molar-refractivity contribution in [3.05, 3.63) is 40.9 Å². The standard InChI is InChI=1S/C18H22ClN3O2/c19-16-4-2-1-3-13(16)5-6-17(23)22-11-15(12-22)21-9-7-14(8-10-21)18(20)24/h1-6,14-15H,7-12H2,(H2,20,24)/b6-5+. The van der Waals surface area contributed by atoms with Crippen LogP contribution in [-0.2, 0) is 9.59 Å². The molecular formula is C18H22ClN3O2. The molecule has 2 amide bonds. The van der Waals surface area contributed by atoms with Gasteiger partial charge in [0.2, 0.25) is 11.8 Å². The molecule has 1 aromatic carbocycles. The Morgan fingerprint density at radius 3 is 2.46 bits per heavy atom. The summed E-state index contributed by atoms with van der Waals surface area (Å²) in [7, 11) is 0. The number of carbonyl (C=O) groups is 2. The lowest BCUT2D eigenvalue weighted by molar-refractivity contribution is -0.133. The van der Waals surface area contributed by atoms with E-state index in [4.69, 9.17) is 17.3 Å². The molecule has 0 spiro atoms. The molecule has 2 N–H and O–H groups in total. The lowest BCUT2D eigenvalue weighted by Gasteiger charge is -2.47. The molecule has 0 aliphatic carbocycles. The second-order valence-electron chi connectivity index (χ2n) is 6.46. The van der Waals surface area contributed by atoms with Crippen LogP contribution >= 0.6 is 11.6 Å².